The van der Waals surface area contributed by atoms with E-state index in [0.29, 0.717) is 5.91 Å². The number of amides is 1. The van der Waals surface area contributed by atoms with Gasteiger partial charge in [0.15, 0.2) is 0 Å². The Balaban J connectivity index is 1.81. The summed E-state index contributed by atoms with van der Waals surface area (Å²) in [4.78, 5) is 25.5. The highest BCUT2D eigenvalue weighted by atomic mass is 16.2. The van der Waals surface area contributed by atoms with E-state index >= 15 is 0 Å². The number of fused-ring (bicyclic) bond motifs is 4. The van der Waals surface area contributed by atoms with Gasteiger partial charge in [0, 0.05) is 38.1 Å². The maximum atomic E-state index is 12.6. The standard InChI is InChI=1S/C16H22N4O/c1-12(2)6-9-20-14-5-4-13(15(20)21)10-19(11-14)16-17-7-3-8-18-16/h3,6-8,13-14H,4-5,9-11H2,1-2H3/t13-,14+/m1/s1. The Kier molecular flexibility index (Phi) is 3.90. The number of aromatic nitrogens is 2. The first-order valence-corrected chi connectivity index (χ1v) is 7.61. The van der Waals surface area contributed by atoms with Crippen LogP contribution in [0.1, 0.15) is 26.7 Å². The van der Waals surface area contributed by atoms with Gasteiger partial charge in [-0.05, 0) is 32.8 Å². The monoisotopic (exact) mass is 286 g/mol. The minimum atomic E-state index is 0.0816. The number of hydrogen-bond donors (Lipinski definition) is 0. The summed E-state index contributed by atoms with van der Waals surface area (Å²) in [5.74, 6) is 1.12. The molecule has 3 saturated heterocycles. The van der Waals surface area contributed by atoms with E-state index in [1.54, 1.807) is 12.4 Å². The van der Waals surface area contributed by atoms with Crippen LogP contribution in [0.15, 0.2) is 30.1 Å². The van der Waals surface area contributed by atoms with Gasteiger partial charge in [-0.15, -0.1) is 0 Å². The predicted molar refractivity (Wildman–Crippen MR) is 81.9 cm³/mol. The van der Waals surface area contributed by atoms with Gasteiger partial charge in [-0.3, -0.25) is 4.79 Å². The summed E-state index contributed by atoms with van der Waals surface area (Å²) >= 11 is 0. The van der Waals surface area contributed by atoms with Crippen LogP contribution in [0.3, 0.4) is 0 Å². The lowest BCUT2D eigenvalue weighted by molar-refractivity contribution is -0.139. The maximum Gasteiger partial charge on any atom is 0.228 e. The van der Waals surface area contributed by atoms with Gasteiger partial charge in [0.1, 0.15) is 0 Å². The Labute approximate surface area is 125 Å². The molecular formula is C16H22N4O. The molecule has 4 heterocycles. The summed E-state index contributed by atoms with van der Waals surface area (Å²) in [5, 5.41) is 0. The Morgan fingerprint density at radius 1 is 1.29 bits per heavy atom. The summed E-state index contributed by atoms with van der Waals surface area (Å²) in [7, 11) is 0. The van der Waals surface area contributed by atoms with Crippen molar-refractivity contribution in [3.8, 4) is 0 Å². The van der Waals surface area contributed by atoms with Crippen LogP contribution in [-0.2, 0) is 4.79 Å². The summed E-state index contributed by atoms with van der Waals surface area (Å²) in [6, 6.07) is 2.10. The molecule has 3 fully saturated rings. The van der Waals surface area contributed by atoms with E-state index in [4.69, 9.17) is 0 Å². The Morgan fingerprint density at radius 3 is 2.76 bits per heavy atom. The molecule has 0 unspecified atom stereocenters. The summed E-state index contributed by atoms with van der Waals surface area (Å²) in [5.41, 5.74) is 1.26. The SMILES string of the molecule is CC(C)=CCN1C(=O)[C@@H]2CC[C@H]1CN(c1ncccn1)C2. The number of nitrogens with zero attached hydrogens (tertiary/aromatic N) is 4. The van der Waals surface area contributed by atoms with E-state index in [2.05, 4.69) is 34.8 Å². The van der Waals surface area contributed by atoms with Gasteiger partial charge in [0.05, 0.1) is 5.92 Å². The first-order valence-electron chi connectivity index (χ1n) is 7.61. The smallest absolute Gasteiger partial charge is 0.228 e. The van der Waals surface area contributed by atoms with E-state index in [1.165, 1.54) is 5.57 Å². The average Bonchev–Trinajstić information content (AvgIpc) is 2.77. The normalized spacial score (nSPS) is 25.0. The molecule has 1 amide bonds. The number of hydrogen-bond acceptors (Lipinski definition) is 4. The van der Waals surface area contributed by atoms with Crippen LogP contribution >= 0.6 is 0 Å². The van der Waals surface area contributed by atoms with Crippen molar-refractivity contribution in [3.05, 3.63) is 30.1 Å². The van der Waals surface area contributed by atoms with E-state index in [9.17, 15) is 4.79 Å². The van der Waals surface area contributed by atoms with Crippen LogP contribution in [0, 0.1) is 5.92 Å². The molecule has 0 spiro atoms. The maximum absolute atomic E-state index is 12.6. The fraction of sp³-hybridized carbons (Fsp3) is 0.562. The molecule has 3 aliphatic heterocycles. The quantitative estimate of drug-likeness (QED) is 0.796. The molecule has 0 aliphatic carbocycles. The fourth-order valence-electron chi connectivity index (χ4n) is 3.18. The number of allylic oxidation sites excluding steroid dienone is 1. The number of carbonyl (C=O) groups excluding carboxylic acids is 1. The second kappa shape index (κ2) is 5.84. The van der Waals surface area contributed by atoms with Gasteiger partial charge >= 0.3 is 0 Å². The number of rotatable bonds is 3. The first-order chi connectivity index (χ1) is 10.1. The van der Waals surface area contributed by atoms with E-state index in [-0.39, 0.29) is 12.0 Å². The van der Waals surface area contributed by atoms with Crippen LogP contribution in [0.25, 0.3) is 0 Å². The third kappa shape index (κ3) is 2.91. The Morgan fingerprint density at radius 2 is 2.05 bits per heavy atom. The molecule has 0 N–H and O–H groups in total. The molecule has 2 atom stereocenters. The van der Waals surface area contributed by atoms with Crippen LogP contribution in [-0.4, -0.2) is 46.5 Å². The van der Waals surface area contributed by atoms with Crippen LogP contribution in [0.5, 0.6) is 0 Å². The van der Waals surface area contributed by atoms with Crippen LogP contribution < -0.4 is 4.90 Å². The molecule has 2 bridgehead atoms. The molecule has 112 valence electrons. The molecule has 21 heavy (non-hydrogen) atoms. The van der Waals surface area contributed by atoms with Crippen molar-refractivity contribution in [2.75, 3.05) is 24.5 Å². The lowest BCUT2D eigenvalue weighted by atomic mass is 9.94. The van der Waals surface area contributed by atoms with Gasteiger partial charge in [0.2, 0.25) is 11.9 Å². The van der Waals surface area contributed by atoms with Crippen molar-refractivity contribution < 1.29 is 4.79 Å². The average molecular weight is 286 g/mol. The highest BCUT2D eigenvalue weighted by Crippen LogP contribution is 2.30. The van der Waals surface area contributed by atoms with E-state index in [1.807, 2.05) is 11.0 Å². The molecule has 0 saturated carbocycles. The zero-order valence-electron chi connectivity index (χ0n) is 12.7. The lowest BCUT2D eigenvalue weighted by Gasteiger charge is -2.35. The van der Waals surface area contributed by atoms with Gasteiger partial charge in [0.25, 0.3) is 0 Å². The molecule has 5 heteroatoms. The predicted octanol–water partition coefficient (Wildman–Crippen LogP) is 1.87. The summed E-state index contributed by atoms with van der Waals surface area (Å²) < 4.78 is 0. The summed E-state index contributed by atoms with van der Waals surface area (Å²) in [6.07, 6.45) is 7.73. The largest absolute Gasteiger partial charge is 0.338 e. The highest BCUT2D eigenvalue weighted by molar-refractivity contribution is 5.81. The van der Waals surface area contributed by atoms with E-state index in [0.717, 1.165) is 38.4 Å². The number of carbonyl (C=O) groups is 1. The molecule has 4 rings (SSSR count). The molecule has 0 aromatic carbocycles. The van der Waals surface area contributed by atoms with Crippen molar-refractivity contribution in [3.63, 3.8) is 0 Å². The Bertz CT molecular complexity index is 538. The lowest BCUT2D eigenvalue weighted by Crippen LogP contribution is -2.47. The topological polar surface area (TPSA) is 49.3 Å². The molecule has 3 aliphatic rings. The minimum Gasteiger partial charge on any atom is -0.338 e. The second-order valence-electron chi connectivity index (χ2n) is 6.15. The second-order valence-corrected chi connectivity index (χ2v) is 6.15. The zero-order chi connectivity index (χ0) is 14.8. The molecule has 0 radical (unpaired) electrons. The van der Waals surface area contributed by atoms with E-state index < -0.39 is 0 Å². The van der Waals surface area contributed by atoms with Gasteiger partial charge < -0.3 is 9.80 Å². The zero-order valence-corrected chi connectivity index (χ0v) is 12.7. The van der Waals surface area contributed by atoms with Crippen molar-refractivity contribution in [2.45, 2.75) is 32.7 Å². The van der Waals surface area contributed by atoms with Crippen LogP contribution in [0.4, 0.5) is 5.95 Å². The molecule has 5 nitrogen and oxygen atoms in total. The van der Waals surface area contributed by atoms with Gasteiger partial charge in [-0.1, -0.05) is 11.6 Å². The van der Waals surface area contributed by atoms with Crippen molar-refractivity contribution in [2.24, 2.45) is 5.92 Å². The molecular weight excluding hydrogens is 264 g/mol. The molecule has 1 aromatic heterocycles. The van der Waals surface area contributed by atoms with Gasteiger partial charge in [-0.25, -0.2) is 9.97 Å². The van der Waals surface area contributed by atoms with Crippen molar-refractivity contribution >= 4 is 11.9 Å². The number of piperidine rings is 1. The Hall–Kier alpha value is -1.91. The van der Waals surface area contributed by atoms with Crippen molar-refractivity contribution in [1.82, 2.24) is 14.9 Å². The van der Waals surface area contributed by atoms with Crippen molar-refractivity contribution in [1.29, 1.82) is 0 Å². The highest BCUT2D eigenvalue weighted by Gasteiger charge is 2.40. The van der Waals surface area contributed by atoms with Crippen LogP contribution in [0.2, 0.25) is 0 Å². The summed E-state index contributed by atoms with van der Waals surface area (Å²) in [6.45, 7) is 6.45. The third-order valence-electron chi connectivity index (χ3n) is 4.32. The first kappa shape index (κ1) is 14.0. The minimum absolute atomic E-state index is 0.0816. The van der Waals surface area contributed by atoms with Gasteiger partial charge in [-0.2, -0.15) is 0 Å². The molecule has 1 aromatic rings. The fourth-order valence-corrected chi connectivity index (χ4v) is 3.18. The number of anilines is 1. The third-order valence-corrected chi connectivity index (χ3v) is 4.32.